The molecule has 1 unspecified atom stereocenters. The van der Waals surface area contributed by atoms with Crippen molar-refractivity contribution in [2.45, 2.75) is 55.0 Å². The lowest BCUT2D eigenvalue weighted by molar-refractivity contribution is 0.300. The molecule has 0 saturated heterocycles. The average molecular weight is 575 g/mol. The van der Waals surface area contributed by atoms with E-state index < -0.39 is 26.1 Å². The van der Waals surface area contributed by atoms with Gasteiger partial charge in [0, 0.05) is 19.5 Å². The Morgan fingerprint density at radius 3 is 2.37 bits per heavy atom. The first-order valence-electron chi connectivity index (χ1n) is 12.4. The van der Waals surface area contributed by atoms with Crippen LogP contribution >= 0.6 is 12.4 Å². The van der Waals surface area contributed by atoms with E-state index in [1.807, 2.05) is 24.3 Å². The first-order chi connectivity index (χ1) is 17.7. The Labute approximate surface area is 230 Å². The number of primary sulfonamides is 1. The Hall–Kier alpha value is -2.76. The molecule has 1 aromatic heterocycles. The molecule has 1 atom stereocenters. The van der Waals surface area contributed by atoms with Crippen LogP contribution in [0.25, 0.3) is 11.0 Å². The monoisotopic (exact) mass is 574 g/mol. The molecule has 1 aliphatic heterocycles. The maximum absolute atomic E-state index is 13.8. The van der Waals surface area contributed by atoms with Crippen LogP contribution in [0, 0.1) is 0 Å². The molecule has 8 nitrogen and oxygen atoms in total. The van der Waals surface area contributed by atoms with Gasteiger partial charge in [-0.15, -0.1) is 12.4 Å². The van der Waals surface area contributed by atoms with Gasteiger partial charge in [-0.3, -0.25) is 0 Å². The van der Waals surface area contributed by atoms with E-state index in [9.17, 15) is 16.8 Å². The van der Waals surface area contributed by atoms with Gasteiger partial charge in [0.25, 0.3) is 0 Å². The summed E-state index contributed by atoms with van der Waals surface area (Å²) < 4.78 is 55.2. The number of hydrogen-bond donors (Lipinski definition) is 1. The fourth-order valence-electron chi connectivity index (χ4n) is 5.09. The molecule has 2 N–H and O–H groups in total. The molecular formula is C27H31ClN4O4S2. The Morgan fingerprint density at radius 2 is 1.66 bits per heavy atom. The molecule has 3 aromatic carbocycles. The maximum atomic E-state index is 13.8. The maximum Gasteiger partial charge on any atom is 0.243 e. The van der Waals surface area contributed by atoms with Crippen molar-refractivity contribution in [2.24, 2.45) is 5.14 Å². The Bertz CT molecular complexity index is 1660. The van der Waals surface area contributed by atoms with Crippen LogP contribution in [0.5, 0.6) is 0 Å². The van der Waals surface area contributed by atoms with Crippen molar-refractivity contribution in [3.63, 3.8) is 0 Å². The average Bonchev–Trinajstić information content (AvgIpc) is 3.23. The van der Waals surface area contributed by atoms with Crippen LogP contribution in [-0.2, 0) is 39.4 Å². The van der Waals surface area contributed by atoms with Crippen LogP contribution in [0.15, 0.2) is 82.6 Å². The highest BCUT2D eigenvalue weighted by atomic mass is 35.5. The lowest BCUT2D eigenvalue weighted by Crippen LogP contribution is -2.41. The van der Waals surface area contributed by atoms with Crippen molar-refractivity contribution < 1.29 is 16.8 Å². The number of nitrogens with two attached hydrogens (primary N) is 1. The smallest absolute Gasteiger partial charge is 0.243 e. The zero-order valence-corrected chi connectivity index (χ0v) is 23.5. The highest BCUT2D eigenvalue weighted by Gasteiger charge is 2.37. The molecule has 0 bridgehead atoms. The molecule has 0 saturated carbocycles. The third-order valence-corrected chi connectivity index (χ3v) is 9.78. The number of rotatable bonds is 8. The molecular weight excluding hydrogens is 544 g/mol. The number of unbranched alkanes of at least 4 members (excludes halogenated alkanes) is 1. The molecule has 38 heavy (non-hydrogen) atoms. The molecule has 1 aliphatic rings. The zero-order chi connectivity index (χ0) is 26.2. The Balaban J connectivity index is 0.00000336. The van der Waals surface area contributed by atoms with Gasteiger partial charge in [-0.2, -0.15) is 4.31 Å². The van der Waals surface area contributed by atoms with Crippen molar-refractivity contribution in [3.8, 4) is 0 Å². The summed E-state index contributed by atoms with van der Waals surface area (Å²) in [5.74, 6) is 0.713. The SMILES string of the molecule is CCCCn1c(CC2c3ccccc3CCN2S(=O)(=O)c2ccccc2)nc2cc(S(N)(=O)=O)ccc21.Cl. The summed E-state index contributed by atoms with van der Waals surface area (Å²) in [7, 11) is -7.64. The summed E-state index contributed by atoms with van der Waals surface area (Å²) >= 11 is 0. The topological polar surface area (TPSA) is 115 Å². The molecule has 5 rings (SSSR count). The van der Waals surface area contributed by atoms with Crippen molar-refractivity contribution in [1.82, 2.24) is 13.9 Å². The normalized spacial score (nSPS) is 16.2. The van der Waals surface area contributed by atoms with Gasteiger partial charge in [0.05, 0.1) is 26.9 Å². The van der Waals surface area contributed by atoms with E-state index >= 15 is 0 Å². The minimum absolute atomic E-state index is 0. The van der Waals surface area contributed by atoms with Gasteiger partial charge in [0.15, 0.2) is 0 Å². The number of sulfonamides is 2. The summed E-state index contributed by atoms with van der Waals surface area (Å²) in [4.78, 5) is 5.08. The third-order valence-electron chi connectivity index (χ3n) is 6.95. The van der Waals surface area contributed by atoms with Crippen LogP contribution < -0.4 is 5.14 Å². The fraction of sp³-hybridized carbons (Fsp3) is 0.296. The lowest BCUT2D eigenvalue weighted by Gasteiger charge is -2.36. The minimum atomic E-state index is -3.88. The summed E-state index contributed by atoms with van der Waals surface area (Å²) in [6, 6.07) is 20.7. The predicted octanol–water partition coefficient (Wildman–Crippen LogP) is 4.44. The molecule has 0 radical (unpaired) electrons. The van der Waals surface area contributed by atoms with E-state index in [1.54, 1.807) is 40.7 Å². The van der Waals surface area contributed by atoms with Crippen molar-refractivity contribution in [1.29, 1.82) is 0 Å². The van der Waals surface area contributed by atoms with E-state index in [1.165, 1.54) is 12.1 Å². The molecule has 11 heteroatoms. The van der Waals surface area contributed by atoms with Crippen LogP contribution in [0.2, 0.25) is 0 Å². The molecule has 0 amide bonds. The third kappa shape index (κ3) is 5.37. The van der Waals surface area contributed by atoms with Gasteiger partial charge in [0.1, 0.15) is 5.82 Å². The first kappa shape index (κ1) is 28.3. The van der Waals surface area contributed by atoms with Crippen LogP contribution in [0.1, 0.15) is 42.8 Å². The molecule has 0 fully saturated rings. The van der Waals surface area contributed by atoms with Crippen molar-refractivity contribution in [3.05, 3.63) is 89.7 Å². The highest BCUT2D eigenvalue weighted by Crippen LogP contribution is 2.37. The van der Waals surface area contributed by atoms with Crippen molar-refractivity contribution in [2.75, 3.05) is 6.54 Å². The van der Waals surface area contributed by atoms with E-state index in [4.69, 9.17) is 10.1 Å². The summed E-state index contributed by atoms with van der Waals surface area (Å²) in [5, 5.41) is 5.36. The Morgan fingerprint density at radius 1 is 0.947 bits per heavy atom. The Kier molecular flexibility index (Phi) is 8.29. The van der Waals surface area contributed by atoms with Gasteiger partial charge in [-0.25, -0.2) is 27.0 Å². The number of aryl methyl sites for hydroxylation is 1. The second kappa shape index (κ2) is 11.2. The van der Waals surface area contributed by atoms with E-state index in [-0.39, 0.29) is 22.2 Å². The fourth-order valence-corrected chi connectivity index (χ4v) is 7.25. The van der Waals surface area contributed by atoms with Crippen molar-refractivity contribution >= 4 is 43.5 Å². The first-order valence-corrected chi connectivity index (χ1v) is 15.4. The molecule has 0 spiro atoms. The molecule has 0 aliphatic carbocycles. The number of aromatic nitrogens is 2. The summed E-state index contributed by atoms with van der Waals surface area (Å²) in [6.45, 7) is 3.16. The van der Waals surface area contributed by atoms with E-state index in [0.29, 0.717) is 37.3 Å². The second-order valence-electron chi connectivity index (χ2n) is 9.33. The number of fused-ring (bicyclic) bond motifs is 2. The standard InChI is InChI=1S/C27H30N4O4S2.ClH/c1-2-3-16-30-25-14-13-22(36(28,32)33)18-24(25)29-27(30)19-26-23-12-8-7-9-20(23)15-17-31(26)37(34,35)21-10-5-4-6-11-21;/h4-14,18,26H,2-3,15-17,19H2,1H3,(H2,28,32,33);1H. The van der Waals surface area contributed by atoms with Gasteiger partial charge in [-0.1, -0.05) is 55.8 Å². The number of benzene rings is 3. The zero-order valence-electron chi connectivity index (χ0n) is 21.0. The van der Waals surface area contributed by atoms with Crippen LogP contribution in [-0.4, -0.2) is 37.2 Å². The van der Waals surface area contributed by atoms with Gasteiger partial charge in [-0.05, 0) is 54.3 Å². The minimum Gasteiger partial charge on any atom is -0.328 e. The molecule has 4 aromatic rings. The van der Waals surface area contributed by atoms with Gasteiger partial charge in [0.2, 0.25) is 20.0 Å². The molecule has 2 heterocycles. The largest absolute Gasteiger partial charge is 0.328 e. The van der Waals surface area contributed by atoms with Crippen LogP contribution in [0.4, 0.5) is 0 Å². The lowest BCUT2D eigenvalue weighted by atomic mass is 9.92. The van der Waals surface area contributed by atoms with E-state index in [2.05, 4.69) is 11.5 Å². The van der Waals surface area contributed by atoms with Crippen LogP contribution in [0.3, 0.4) is 0 Å². The number of halogens is 1. The second-order valence-corrected chi connectivity index (χ2v) is 12.8. The summed E-state index contributed by atoms with van der Waals surface area (Å²) in [5.41, 5.74) is 3.42. The molecule has 202 valence electrons. The number of nitrogens with zero attached hydrogens (tertiary/aromatic N) is 3. The number of hydrogen-bond acceptors (Lipinski definition) is 5. The van der Waals surface area contributed by atoms with Gasteiger partial charge >= 0.3 is 0 Å². The predicted molar refractivity (Wildman–Crippen MR) is 150 cm³/mol. The quantitative estimate of drug-likeness (QED) is 0.334. The summed E-state index contributed by atoms with van der Waals surface area (Å²) in [6.07, 6.45) is 2.85. The van der Waals surface area contributed by atoms with E-state index in [0.717, 1.165) is 29.5 Å². The number of imidazole rings is 1. The highest BCUT2D eigenvalue weighted by molar-refractivity contribution is 7.89. The van der Waals surface area contributed by atoms with Gasteiger partial charge < -0.3 is 4.57 Å².